The van der Waals surface area contributed by atoms with Crippen LogP contribution in [-0.2, 0) is 0 Å². The van der Waals surface area contributed by atoms with Gasteiger partial charge in [-0.05, 0) is 12.8 Å². The fourth-order valence-electron chi connectivity index (χ4n) is 1.30. The number of hydrogen-bond acceptors (Lipinski definition) is 4. The number of hydrogen-bond donors (Lipinski definition) is 1. The van der Waals surface area contributed by atoms with Crippen molar-refractivity contribution in [1.29, 1.82) is 0 Å². The maximum atomic E-state index is 10.8. The topological polar surface area (TPSA) is 92.8 Å². The lowest BCUT2D eigenvalue weighted by atomic mass is 10.1. The van der Waals surface area contributed by atoms with Gasteiger partial charge >= 0.3 is 5.97 Å². The fourth-order valence-corrected chi connectivity index (χ4v) is 1.30. The molecule has 82 valence electrons. The second-order valence-electron chi connectivity index (χ2n) is 2.82. The van der Waals surface area contributed by atoms with Crippen molar-refractivity contribution < 1.29 is 14.8 Å². The molecule has 0 amide bonds. The second-order valence-corrected chi connectivity index (χ2v) is 2.82. The van der Waals surface area contributed by atoms with E-state index in [0.29, 0.717) is 0 Å². The third-order valence-electron chi connectivity index (χ3n) is 1.98. The van der Waals surface area contributed by atoms with Crippen LogP contribution < -0.4 is 0 Å². The van der Waals surface area contributed by atoms with Crippen LogP contribution in [0.15, 0.2) is 23.7 Å². The SMILES string of the molecule is C=Cc1c([N+](=O)[O-])ccc(C(=O)O)c1N=C. The van der Waals surface area contributed by atoms with Gasteiger partial charge in [0.1, 0.15) is 0 Å². The summed E-state index contributed by atoms with van der Waals surface area (Å²) < 4.78 is 0. The van der Waals surface area contributed by atoms with Gasteiger partial charge in [-0.2, -0.15) is 0 Å². The Balaban J connectivity index is 3.65. The predicted octanol–water partition coefficient (Wildman–Crippen LogP) is 2.27. The van der Waals surface area contributed by atoms with E-state index in [1.165, 1.54) is 6.08 Å². The highest BCUT2D eigenvalue weighted by Crippen LogP contribution is 2.32. The van der Waals surface area contributed by atoms with Gasteiger partial charge in [0.2, 0.25) is 0 Å². The Morgan fingerprint density at radius 2 is 2.19 bits per heavy atom. The number of carboxylic acid groups (broad SMARTS) is 1. The zero-order valence-corrected chi connectivity index (χ0v) is 8.21. The number of rotatable bonds is 4. The van der Waals surface area contributed by atoms with Crippen molar-refractivity contribution in [2.75, 3.05) is 0 Å². The van der Waals surface area contributed by atoms with E-state index >= 15 is 0 Å². The number of carbonyl (C=O) groups is 1. The molecule has 0 bridgehead atoms. The molecule has 1 rings (SSSR count). The molecule has 0 aliphatic carbocycles. The monoisotopic (exact) mass is 220 g/mol. The van der Waals surface area contributed by atoms with Crippen molar-refractivity contribution in [3.8, 4) is 0 Å². The normalized spacial score (nSPS) is 9.50. The molecule has 0 saturated heterocycles. The number of nitro benzene ring substituents is 1. The molecule has 6 heteroatoms. The molecular formula is C10H8N2O4. The third kappa shape index (κ3) is 1.81. The van der Waals surface area contributed by atoms with Crippen molar-refractivity contribution in [2.45, 2.75) is 0 Å². The first-order valence-corrected chi connectivity index (χ1v) is 4.16. The van der Waals surface area contributed by atoms with Crippen molar-refractivity contribution in [2.24, 2.45) is 4.99 Å². The van der Waals surface area contributed by atoms with Crippen LogP contribution in [0, 0.1) is 10.1 Å². The van der Waals surface area contributed by atoms with Crippen molar-refractivity contribution in [3.05, 3.63) is 40.0 Å². The van der Waals surface area contributed by atoms with Crippen LogP contribution >= 0.6 is 0 Å². The molecule has 0 aliphatic rings. The van der Waals surface area contributed by atoms with Gasteiger partial charge in [-0.1, -0.05) is 12.7 Å². The standard InChI is InChI=1S/C10H8N2O4/c1-3-6-8(12(15)16)5-4-7(10(13)14)9(6)11-2/h3-5H,1-2H2,(H,13,14). The van der Waals surface area contributed by atoms with Crippen LogP contribution in [0.2, 0.25) is 0 Å². The van der Waals surface area contributed by atoms with Crippen LogP contribution in [0.5, 0.6) is 0 Å². The van der Waals surface area contributed by atoms with Gasteiger partial charge in [0, 0.05) is 6.07 Å². The Morgan fingerprint density at radius 3 is 2.56 bits per heavy atom. The molecule has 0 fully saturated rings. The summed E-state index contributed by atoms with van der Waals surface area (Å²) in [5, 5.41) is 19.5. The van der Waals surface area contributed by atoms with Crippen molar-refractivity contribution in [3.63, 3.8) is 0 Å². The van der Waals surface area contributed by atoms with E-state index in [9.17, 15) is 14.9 Å². The molecule has 16 heavy (non-hydrogen) atoms. The first-order valence-electron chi connectivity index (χ1n) is 4.16. The number of aromatic carboxylic acids is 1. The summed E-state index contributed by atoms with van der Waals surface area (Å²) in [7, 11) is 0. The largest absolute Gasteiger partial charge is 0.478 e. The maximum absolute atomic E-state index is 10.8. The fraction of sp³-hybridized carbons (Fsp3) is 0. The Morgan fingerprint density at radius 1 is 1.56 bits per heavy atom. The average molecular weight is 220 g/mol. The number of aliphatic imine (C=N–C) groups is 1. The van der Waals surface area contributed by atoms with Gasteiger partial charge in [-0.15, -0.1) is 0 Å². The van der Waals surface area contributed by atoms with Gasteiger partial charge in [-0.3, -0.25) is 15.1 Å². The average Bonchev–Trinajstić information content (AvgIpc) is 2.26. The first kappa shape index (κ1) is 11.6. The summed E-state index contributed by atoms with van der Waals surface area (Å²) in [5.74, 6) is -1.22. The minimum Gasteiger partial charge on any atom is -0.478 e. The van der Waals surface area contributed by atoms with Crippen LogP contribution in [0.25, 0.3) is 6.08 Å². The predicted molar refractivity (Wildman–Crippen MR) is 59.4 cm³/mol. The van der Waals surface area contributed by atoms with Gasteiger partial charge in [-0.25, -0.2) is 4.79 Å². The number of nitro groups is 1. The lowest BCUT2D eigenvalue weighted by molar-refractivity contribution is -0.385. The molecule has 0 spiro atoms. The maximum Gasteiger partial charge on any atom is 0.337 e. The van der Waals surface area contributed by atoms with Crippen LogP contribution in [-0.4, -0.2) is 22.7 Å². The Bertz CT molecular complexity index is 449. The molecule has 0 radical (unpaired) electrons. The third-order valence-corrected chi connectivity index (χ3v) is 1.98. The highest BCUT2D eigenvalue weighted by molar-refractivity contribution is 5.97. The van der Waals surface area contributed by atoms with E-state index < -0.39 is 10.9 Å². The summed E-state index contributed by atoms with van der Waals surface area (Å²) in [6.45, 7) is 6.60. The molecule has 0 unspecified atom stereocenters. The Hall–Kier alpha value is -2.50. The van der Waals surface area contributed by atoms with Crippen LogP contribution in [0.1, 0.15) is 15.9 Å². The number of nitrogens with zero attached hydrogens (tertiary/aromatic N) is 2. The van der Waals surface area contributed by atoms with Crippen LogP contribution in [0.4, 0.5) is 11.4 Å². The van der Waals surface area contributed by atoms with Gasteiger partial charge < -0.3 is 5.11 Å². The van der Waals surface area contributed by atoms with Gasteiger partial charge in [0.25, 0.3) is 5.69 Å². The summed E-state index contributed by atoms with van der Waals surface area (Å²) in [6, 6.07) is 2.23. The van der Waals surface area contributed by atoms with E-state index in [1.54, 1.807) is 0 Å². The van der Waals surface area contributed by atoms with E-state index in [4.69, 9.17) is 5.11 Å². The van der Waals surface area contributed by atoms with E-state index in [-0.39, 0.29) is 22.5 Å². The molecule has 0 aromatic heterocycles. The lowest BCUT2D eigenvalue weighted by Gasteiger charge is -2.05. The quantitative estimate of drug-likeness (QED) is 0.478. The highest BCUT2D eigenvalue weighted by Gasteiger charge is 2.20. The van der Waals surface area contributed by atoms with E-state index in [0.717, 1.165) is 12.1 Å². The number of carboxylic acids is 1. The minimum absolute atomic E-state index is 0.0447. The van der Waals surface area contributed by atoms with Crippen LogP contribution in [0.3, 0.4) is 0 Å². The van der Waals surface area contributed by atoms with Crippen molar-refractivity contribution >= 4 is 30.1 Å². The Kier molecular flexibility index (Phi) is 3.14. The second kappa shape index (κ2) is 4.35. The summed E-state index contributed by atoms with van der Waals surface area (Å²) in [4.78, 5) is 24.4. The molecule has 6 nitrogen and oxygen atoms in total. The smallest absolute Gasteiger partial charge is 0.337 e. The van der Waals surface area contributed by atoms with Crippen molar-refractivity contribution in [1.82, 2.24) is 0 Å². The Labute approximate surface area is 90.7 Å². The van der Waals surface area contributed by atoms with Gasteiger partial charge in [0.05, 0.1) is 21.7 Å². The molecule has 0 saturated carbocycles. The lowest BCUT2D eigenvalue weighted by Crippen LogP contribution is -2.00. The summed E-state index contributed by atoms with van der Waals surface area (Å²) >= 11 is 0. The summed E-state index contributed by atoms with van der Waals surface area (Å²) in [5.41, 5.74) is -0.380. The van der Waals surface area contributed by atoms with E-state index in [2.05, 4.69) is 18.3 Å². The van der Waals surface area contributed by atoms with Gasteiger partial charge in [0.15, 0.2) is 0 Å². The molecule has 0 heterocycles. The molecule has 0 aliphatic heterocycles. The number of benzene rings is 1. The van der Waals surface area contributed by atoms with E-state index in [1.807, 2.05) is 0 Å². The zero-order chi connectivity index (χ0) is 12.3. The zero-order valence-electron chi connectivity index (χ0n) is 8.21. The molecule has 1 N–H and O–H groups in total. The highest BCUT2D eigenvalue weighted by atomic mass is 16.6. The molecule has 0 atom stereocenters. The summed E-state index contributed by atoms with van der Waals surface area (Å²) in [6.07, 6.45) is 1.19. The first-order chi connectivity index (χ1) is 7.52. The minimum atomic E-state index is -1.22. The molecule has 1 aromatic carbocycles. The molecular weight excluding hydrogens is 212 g/mol. The molecule has 1 aromatic rings.